The van der Waals surface area contributed by atoms with Crippen LogP contribution in [0, 0.1) is 17.3 Å². The normalized spacial score (nSPS) is 17.5. The molecular weight excluding hydrogens is 264 g/mol. The summed E-state index contributed by atoms with van der Waals surface area (Å²) in [5.41, 5.74) is 4.16. The first-order chi connectivity index (χ1) is 10.0. The molecule has 116 valence electrons. The van der Waals surface area contributed by atoms with E-state index in [0.717, 1.165) is 45.0 Å². The summed E-state index contributed by atoms with van der Waals surface area (Å²) in [7, 11) is 1.97. The minimum Gasteiger partial charge on any atom is -0.295 e. The van der Waals surface area contributed by atoms with Crippen molar-refractivity contribution in [2.75, 3.05) is 33.2 Å². The molecule has 21 heavy (non-hydrogen) atoms. The molecule has 0 atom stereocenters. The Balaban J connectivity index is 1.87. The van der Waals surface area contributed by atoms with E-state index < -0.39 is 0 Å². The van der Waals surface area contributed by atoms with Gasteiger partial charge < -0.3 is 0 Å². The van der Waals surface area contributed by atoms with Gasteiger partial charge in [-0.05, 0) is 27.8 Å². The second-order valence-electron chi connectivity index (χ2n) is 6.15. The van der Waals surface area contributed by atoms with Gasteiger partial charge in [0.25, 0.3) is 0 Å². The van der Waals surface area contributed by atoms with E-state index in [1.165, 1.54) is 0 Å². The van der Waals surface area contributed by atoms with Gasteiger partial charge in [-0.15, -0.1) is 11.0 Å². The van der Waals surface area contributed by atoms with Crippen molar-refractivity contribution in [1.82, 2.24) is 30.3 Å². The molecule has 0 aliphatic carbocycles. The number of hydrogen-bond acceptors (Lipinski definition) is 5. The fraction of sp³-hybridized carbons (Fsp3) is 0.733. The predicted molar refractivity (Wildman–Crippen MR) is 83.2 cm³/mol. The van der Waals surface area contributed by atoms with Gasteiger partial charge in [0.05, 0.1) is 12.2 Å². The Morgan fingerprint density at radius 2 is 2.00 bits per heavy atom. The Morgan fingerprint density at radius 3 is 2.62 bits per heavy atom. The van der Waals surface area contributed by atoms with Crippen molar-refractivity contribution in [1.29, 1.82) is 0 Å². The molecule has 0 saturated carbocycles. The first-order valence-corrected chi connectivity index (χ1v) is 7.50. The minimum absolute atomic E-state index is 0.0713. The molecule has 1 aromatic heterocycles. The molecular formula is C15H26N6. The van der Waals surface area contributed by atoms with E-state index in [-0.39, 0.29) is 5.41 Å². The van der Waals surface area contributed by atoms with Crippen molar-refractivity contribution < 1.29 is 0 Å². The van der Waals surface area contributed by atoms with Crippen molar-refractivity contribution in [2.24, 2.45) is 5.41 Å². The van der Waals surface area contributed by atoms with Gasteiger partial charge >= 0.3 is 0 Å². The van der Waals surface area contributed by atoms with Gasteiger partial charge in [0, 0.05) is 44.3 Å². The molecule has 1 aromatic rings. The molecule has 0 amide bonds. The van der Waals surface area contributed by atoms with E-state index in [1.807, 2.05) is 24.9 Å². The molecule has 0 spiro atoms. The maximum absolute atomic E-state index is 4.29. The van der Waals surface area contributed by atoms with Crippen LogP contribution in [0.5, 0.6) is 0 Å². The second kappa shape index (κ2) is 7.03. The molecule has 1 N–H and O–H groups in total. The number of hydrogen-bond donors (Lipinski definition) is 1. The average Bonchev–Trinajstić information content (AvgIpc) is 2.86. The molecule has 0 radical (unpaired) electrons. The van der Waals surface area contributed by atoms with Crippen LogP contribution in [-0.4, -0.2) is 58.1 Å². The predicted octanol–water partition coefficient (Wildman–Crippen LogP) is 0.580. The Hall–Kier alpha value is -1.42. The third-order valence-electron chi connectivity index (χ3n) is 3.68. The molecule has 2 heterocycles. The van der Waals surface area contributed by atoms with Crippen LogP contribution in [-0.2, 0) is 13.1 Å². The number of nitrogens with one attached hydrogen (secondary N) is 1. The Morgan fingerprint density at radius 1 is 1.29 bits per heavy atom. The first kappa shape index (κ1) is 16.0. The van der Waals surface area contributed by atoms with Gasteiger partial charge in [-0.3, -0.25) is 15.0 Å². The number of hydrazine groups is 1. The van der Waals surface area contributed by atoms with Gasteiger partial charge in [-0.1, -0.05) is 11.1 Å². The summed E-state index contributed by atoms with van der Waals surface area (Å²) in [6.07, 6.45) is 2.05. The average molecular weight is 290 g/mol. The van der Waals surface area contributed by atoms with Crippen LogP contribution in [0.1, 0.15) is 26.5 Å². The number of piperazine rings is 1. The van der Waals surface area contributed by atoms with Gasteiger partial charge in [0.2, 0.25) is 0 Å². The van der Waals surface area contributed by atoms with E-state index in [0.29, 0.717) is 0 Å². The number of aromatic nitrogens is 3. The SMILES string of the molecule is CC#CC(C)(C)Cn1cc(CN2CCN(NC)CC2)nn1. The van der Waals surface area contributed by atoms with Crippen LogP contribution >= 0.6 is 0 Å². The molecule has 2 rings (SSSR count). The third kappa shape index (κ3) is 4.81. The van der Waals surface area contributed by atoms with Crippen LogP contribution in [0.25, 0.3) is 0 Å². The number of rotatable bonds is 5. The molecule has 0 bridgehead atoms. The Bertz CT molecular complexity index is 502. The van der Waals surface area contributed by atoms with Gasteiger partial charge in [0.15, 0.2) is 0 Å². The van der Waals surface area contributed by atoms with Crippen LogP contribution < -0.4 is 5.43 Å². The lowest BCUT2D eigenvalue weighted by Gasteiger charge is -2.33. The highest BCUT2D eigenvalue weighted by Gasteiger charge is 2.19. The molecule has 6 heteroatoms. The minimum atomic E-state index is -0.0713. The summed E-state index contributed by atoms with van der Waals surface area (Å²) < 4.78 is 1.91. The zero-order valence-electron chi connectivity index (χ0n) is 13.6. The second-order valence-corrected chi connectivity index (χ2v) is 6.15. The maximum atomic E-state index is 4.29. The van der Waals surface area contributed by atoms with Crippen molar-refractivity contribution >= 4 is 0 Å². The lowest BCUT2D eigenvalue weighted by molar-refractivity contribution is 0.0939. The van der Waals surface area contributed by atoms with Crippen LogP contribution in [0.4, 0.5) is 0 Å². The fourth-order valence-electron chi connectivity index (χ4n) is 2.63. The highest BCUT2D eigenvalue weighted by molar-refractivity contribution is 5.07. The van der Waals surface area contributed by atoms with Crippen LogP contribution in [0.3, 0.4) is 0 Å². The van der Waals surface area contributed by atoms with Crippen LogP contribution in [0.15, 0.2) is 6.20 Å². The quantitative estimate of drug-likeness (QED) is 0.804. The van der Waals surface area contributed by atoms with Crippen molar-refractivity contribution in [3.63, 3.8) is 0 Å². The Labute approximate surface area is 127 Å². The molecule has 1 fully saturated rings. The molecule has 0 aromatic carbocycles. The molecule has 0 unspecified atom stereocenters. The lowest BCUT2D eigenvalue weighted by atomic mass is 9.95. The summed E-state index contributed by atoms with van der Waals surface area (Å²) in [5, 5.41) is 10.8. The molecule has 1 aliphatic heterocycles. The summed E-state index contributed by atoms with van der Waals surface area (Å²) in [6, 6.07) is 0. The highest BCUT2D eigenvalue weighted by Crippen LogP contribution is 2.16. The van der Waals surface area contributed by atoms with E-state index in [9.17, 15) is 0 Å². The standard InChI is InChI=1S/C15H26N6/c1-5-6-15(2,3)13-21-12-14(17-18-21)11-19-7-9-20(16-4)10-8-19/h12,16H,7-11,13H2,1-4H3. The van der Waals surface area contributed by atoms with E-state index >= 15 is 0 Å². The highest BCUT2D eigenvalue weighted by atomic mass is 15.5. The van der Waals surface area contributed by atoms with Crippen molar-refractivity contribution in [3.05, 3.63) is 11.9 Å². The third-order valence-corrected chi connectivity index (χ3v) is 3.68. The smallest absolute Gasteiger partial charge is 0.0967 e. The van der Waals surface area contributed by atoms with E-state index in [1.54, 1.807) is 0 Å². The van der Waals surface area contributed by atoms with E-state index in [2.05, 4.69) is 51.3 Å². The molecule has 1 aliphatic rings. The summed E-state index contributed by atoms with van der Waals surface area (Å²) >= 11 is 0. The monoisotopic (exact) mass is 290 g/mol. The largest absolute Gasteiger partial charge is 0.295 e. The first-order valence-electron chi connectivity index (χ1n) is 7.50. The van der Waals surface area contributed by atoms with Gasteiger partial charge in [0.1, 0.15) is 0 Å². The summed E-state index contributed by atoms with van der Waals surface area (Å²) in [6.45, 7) is 12.0. The van der Waals surface area contributed by atoms with Crippen LogP contribution in [0.2, 0.25) is 0 Å². The molecule has 1 saturated heterocycles. The zero-order chi connectivity index (χ0) is 15.3. The molecule has 6 nitrogen and oxygen atoms in total. The number of nitrogens with zero attached hydrogens (tertiary/aromatic N) is 5. The van der Waals surface area contributed by atoms with Gasteiger partial charge in [-0.2, -0.15) is 0 Å². The van der Waals surface area contributed by atoms with E-state index in [4.69, 9.17) is 0 Å². The van der Waals surface area contributed by atoms with Crippen molar-refractivity contribution in [3.8, 4) is 11.8 Å². The fourth-order valence-corrected chi connectivity index (χ4v) is 2.63. The topological polar surface area (TPSA) is 49.2 Å². The zero-order valence-corrected chi connectivity index (χ0v) is 13.6. The Kier molecular flexibility index (Phi) is 5.34. The maximum Gasteiger partial charge on any atom is 0.0967 e. The summed E-state index contributed by atoms with van der Waals surface area (Å²) in [4.78, 5) is 2.42. The van der Waals surface area contributed by atoms with Crippen molar-refractivity contribution in [2.45, 2.75) is 33.9 Å². The van der Waals surface area contributed by atoms with Gasteiger partial charge in [-0.25, -0.2) is 5.01 Å². The lowest BCUT2D eigenvalue weighted by Crippen LogP contribution is -2.50. The summed E-state index contributed by atoms with van der Waals surface area (Å²) in [5.74, 6) is 6.19.